The second-order valence-electron chi connectivity index (χ2n) is 7.80. The Morgan fingerprint density at radius 1 is 1.03 bits per heavy atom. The van der Waals surface area contributed by atoms with Crippen molar-refractivity contribution < 1.29 is 14.0 Å². The van der Waals surface area contributed by atoms with Crippen molar-refractivity contribution in [2.45, 2.75) is 19.3 Å². The minimum atomic E-state index is -0.459. The molecule has 1 saturated heterocycles. The lowest BCUT2D eigenvalue weighted by molar-refractivity contribution is 0.0717. The van der Waals surface area contributed by atoms with Gasteiger partial charge >= 0.3 is 0 Å². The third-order valence-corrected chi connectivity index (χ3v) is 6.41. The van der Waals surface area contributed by atoms with Gasteiger partial charge in [-0.05, 0) is 49.6 Å². The van der Waals surface area contributed by atoms with Crippen LogP contribution in [0, 0.1) is 5.82 Å². The fourth-order valence-electron chi connectivity index (χ4n) is 3.93. The molecule has 1 aliphatic rings. The first-order valence-corrected chi connectivity index (χ1v) is 11.4. The minimum Gasteiger partial charge on any atom is -0.337 e. The van der Waals surface area contributed by atoms with Gasteiger partial charge in [0.25, 0.3) is 11.8 Å². The van der Waals surface area contributed by atoms with E-state index in [4.69, 9.17) is 0 Å². The predicted octanol–water partition coefficient (Wildman–Crippen LogP) is 5.08. The summed E-state index contributed by atoms with van der Waals surface area (Å²) < 4.78 is 15.3. The van der Waals surface area contributed by atoms with E-state index >= 15 is 0 Å². The molecule has 1 aliphatic heterocycles. The van der Waals surface area contributed by atoms with Gasteiger partial charge in [-0.2, -0.15) is 0 Å². The highest BCUT2D eigenvalue weighted by Gasteiger charge is 2.22. The molecular weight excluding hydrogens is 427 g/mol. The van der Waals surface area contributed by atoms with Gasteiger partial charge in [0, 0.05) is 41.5 Å². The van der Waals surface area contributed by atoms with Crippen molar-refractivity contribution in [1.82, 2.24) is 14.3 Å². The van der Waals surface area contributed by atoms with E-state index < -0.39 is 5.82 Å². The highest BCUT2D eigenvalue weighted by molar-refractivity contribution is 7.15. The molecule has 2 aromatic heterocycles. The molecule has 0 bridgehead atoms. The van der Waals surface area contributed by atoms with Gasteiger partial charge < -0.3 is 10.2 Å². The third-order valence-electron chi connectivity index (χ3n) is 5.57. The maximum atomic E-state index is 13.4. The number of carbonyl (C=O) groups is 2. The number of nitrogens with zero attached hydrogens (tertiary/aromatic N) is 3. The molecule has 5 rings (SSSR count). The molecule has 0 radical (unpaired) electrons. The number of likely N-dealkylation sites (tertiary alicyclic amines) is 1. The fraction of sp³-hybridized carbons (Fsp3) is 0.208. The topological polar surface area (TPSA) is 66.7 Å². The molecule has 0 unspecified atom stereocenters. The summed E-state index contributed by atoms with van der Waals surface area (Å²) in [6, 6.07) is 12.9. The summed E-state index contributed by atoms with van der Waals surface area (Å²) >= 11 is 1.43. The first-order valence-electron chi connectivity index (χ1n) is 10.5. The summed E-state index contributed by atoms with van der Waals surface area (Å²) in [7, 11) is 0. The normalized spacial score (nSPS) is 14.0. The third kappa shape index (κ3) is 4.01. The van der Waals surface area contributed by atoms with Gasteiger partial charge in [-0.3, -0.25) is 14.0 Å². The van der Waals surface area contributed by atoms with E-state index in [0.29, 0.717) is 17.1 Å². The number of halogens is 1. The largest absolute Gasteiger partial charge is 0.337 e. The zero-order valence-electron chi connectivity index (χ0n) is 17.3. The Balaban J connectivity index is 1.39. The molecule has 6 nitrogen and oxygen atoms in total. The SMILES string of the molecule is O=C(Nc1cccc(-c2cn3c(C(=O)N4CCCCC4)csc3n2)c1)c1cccc(F)c1. The van der Waals surface area contributed by atoms with Gasteiger partial charge in [0.05, 0.1) is 5.69 Å². The van der Waals surface area contributed by atoms with E-state index in [9.17, 15) is 14.0 Å². The molecule has 8 heteroatoms. The predicted molar refractivity (Wildman–Crippen MR) is 123 cm³/mol. The highest BCUT2D eigenvalue weighted by atomic mass is 32.1. The number of aromatic nitrogens is 2. The summed E-state index contributed by atoms with van der Waals surface area (Å²) in [5.74, 6) is -0.808. The molecule has 162 valence electrons. The Morgan fingerprint density at radius 3 is 2.66 bits per heavy atom. The van der Waals surface area contributed by atoms with Gasteiger partial charge in [-0.1, -0.05) is 18.2 Å². The van der Waals surface area contributed by atoms with E-state index in [1.54, 1.807) is 12.1 Å². The standard InChI is InChI=1S/C24H21FN4O2S/c25-18-8-4-7-17(12-18)22(30)26-19-9-5-6-16(13-19)20-14-29-21(15-32-24(29)27-20)23(31)28-10-2-1-3-11-28/h4-9,12-15H,1-3,10-11H2,(H,26,30). The van der Waals surface area contributed by atoms with Crippen LogP contribution in [-0.2, 0) is 0 Å². The monoisotopic (exact) mass is 448 g/mol. The van der Waals surface area contributed by atoms with Gasteiger partial charge in [0.2, 0.25) is 0 Å². The van der Waals surface area contributed by atoms with Gasteiger partial charge in [-0.25, -0.2) is 9.37 Å². The Bertz CT molecular complexity index is 1310. The lowest BCUT2D eigenvalue weighted by atomic mass is 10.1. The number of thiazole rings is 1. The molecular formula is C24H21FN4O2S. The van der Waals surface area contributed by atoms with Crippen LogP contribution in [0.4, 0.5) is 10.1 Å². The van der Waals surface area contributed by atoms with Crippen LogP contribution < -0.4 is 5.32 Å². The molecule has 0 saturated carbocycles. The number of hydrogen-bond acceptors (Lipinski definition) is 4. The maximum absolute atomic E-state index is 13.4. The summed E-state index contributed by atoms with van der Waals surface area (Å²) in [6.45, 7) is 1.59. The zero-order valence-corrected chi connectivity index (χ0v) is 18.1. The number of rotatable bonds is 4. The highest BCUT2D eigenvalue weighted by Crippen LogP contribution is 2.27. The molecule has 2 aromatic carbocycles. The molecule has 2 amide bonds. The minimum absolute atomic E-state index is 0.0380. The average molecular weight is 449 g/mol. The van der Waals surface area contributed by atoms with Crippen molar-refractivity contribution in [2.75, 3.05) is 18.4 Å². The molecule has 1 N–H and O–H groups in total. The van der Waals surface area contributed by atoms with Crippen LogP contribution >= 0.6 is 11.3 Å². The number of fused-ring (bicyclic) bond motifs is 1. The molecule has 3 heterocycles. The van der Waals surface area contributed by atoms with Crippen molar-refractivity contribution in [2.24, 2.45) is 0 Å². The molecule has 0 aliphatic carbocycles. The van der Waals surface area contributed by atoms with E-state index in [2.05, 4.69) is 10.3 Å². The second-order valence-corrected chi connectivity index (χ2v) is 8.63. The second kappa shape index (κ2) is 8.55. The fourth-order valence-corrected chi connectivity index (χ4v) is 4.77. The van der Waals surface area contributed by atoms with Crippen LogP contribution in [0.2, 0.25) is 0 Å². The van der Waals surface area contributed by atoms with Crippen molar-refractivity contribution in [3.63, 3.8) is 0 Å². The van der Waals surface area contributed by atoms with E-state index in [1.165, 1.54) is 36.0 Å². The van der Waals surface area contributed by atoms with Gasteiger partial charge in [0.15, 0.2) is 4.96 Å². The number of hydrogen-bond donors (Lipinski definition) is 1. The quantitative estimate of drug-likeness (QED) is 0.473. The summed E-state index contributed by atoms with van der Waals surface area (Å²) in [6.07, 6.45) is 5.12. The number of nitrogens with one attached hydrogen (secondary N) is 1. The van der Waals surface area contributed by atoms with Crippen LogP contribution in [0.3, 0.4) is 0 Å². The number of amides is 2. The van der Waals surface area contributed by atoms with Crippen molar-refractivity contribution in [1.29, 1.82) is 0 Å². The molecule has 4 aromatic rings. The van der Waals surface area contributed by atoms with Crippen molar-refractivity contribution in [3.8, 4) is 11.3 Å². The maximum Gasteiger partial charge on any atom is 0.271 e. The Labute approximate surface area is 188 Å². The lowest BCUT2D eigenvalue weighted by Gasteiger charge is -2.26. The van der Waals surface area contributed by atoms with Crippen LogP contribution in [0.25, 0.3) is 16.2 Å². The van der Waals surface area contributed by atoms with E-state index in [0.717, 1.165) is 36.5 Å². The number of carbonyl (C=O) groups excluding carboxylic acids is 2. The van der Waals surface area contributed by atoms with Gasteiger partial charge in [0.1, 0.15) is 11.5 Å². The molecule has 0 atom stereocenters. The van der Waals surface area contributed by atoms with Crippen molar-refractivity contribution in [3.05, 3.63) is 77.2 Å². The summed E-state index contributed by atoms with van der Waals surface area (Å²) in [5.41, 5.74) is 2.98. The molecule has 0 spiro atoms. The van der Waals surface area contributed by atoms with E-state index in [-0.39, 0.29) is 17.4 Å². The average Bonchev–Trinajstić information content (AvgIpc) is 3.40. The number of anilines is 1. The van der Waals surface area contributed by atoms with Crippen LogP contribution in [0.1, 0.15) is 40.1 Å². The zero-order chi connectivity index (χ0) is 22.1. The van der Waals surface area contributed by atoms with Gasteiger partial charge in [-0.15, -0.1) is 11.3 Å². The van der Waals surface area contributed by atoms with Crippen LogP contribution in [0.5, 0.6) is 0 Å². The van der Waals surface area contributed by atoms with Crippen LogP contribution in [0.15, 0.2) is 60.1 Å². The van der Waals surface area contributed by atoms with E-state index in [1.807, 2.05) is 39.1 Å². The number of benzene rings is 2. The Kier molecular flexibility index (Phi) is 5.45. The number of imidazole rings is 1. The summed E-state index contributed by atoms with van der Waals surface area (Å²) in [4.78, 5) is 32.7. The van der Waals surface area contributed by atoms with Crippen LogP contribution in [-0.4, -0.2) is 39.2 Å². The number of piperidine rings is 1. The first kappa shape index (κ1) is 20.4. The lowest BCUT2D eigenvalue weighted by Crippen LogP contribution is -2.36. The Morgan fingerprint density at radius 2 is 1.84 bits per heavy atom. The Hall–Kier alpha value is -3.52. The molecule has 1 fully saturated rings. The van der Waals surface area contributed by atoms with Crippen molar-refractivity contribution >= 4 is 33.8 Å². The molecule has 32 heavy (non-hydrogen) atoms. The smallest absolute Gasteiger partial charge is 0.271 e. The summed E-state index contributed by atoms with van der Waals surface area (Å²) in [5, 5.41) is 4.66. The first-order chi connectivity index (χ1) is 15.6.